The highest BCUT2D eigenvalue weighted by Gasteiger charge is 2.36. The maximum Gasteiger partial charge on any atom is 0.289 e. The summed E-state index contributed by atoms with van der Waals surface area (Å²) in [7, 11) is 0. The smallest absolute Gasteiger partial charge is 0.289 e. The van der Waals surface area contributed by atoms with Crippen LogP contribution in [0.5, 0.6) is 0 Å². The normalized spacial score (nSPS) is 20.3. The highest BCUT2D eigenvalue weighted by molar-refractivity contribution is 9.10. The van der Waals surface area contributed by atoms with Crippen molar-refractivity contribution in [2.24, 2.45) is 0 Å². The molecule has 21 heavy (non-hydrogen) atoms. The van der Waals surface area contributed by atoms with E-state index in [2.05, 4.69) is 45.1 Å². The lowest BCUT2D eigenvalue weighted by Gasteiger charge is -2.38. The molecule has 0 saturated carbocycles. The van der Waals surface area contributed by atoms with Crippen LogP contribution in [0, 0.1) is 0 Å². The Bertz CT molecular complexity index is 697. The molecule has 2 aliphatic heterocycles. The first-order valence-electron chi connectivity index (χ1n) is 7.11. The molecule has 1 amide bonds. The number of amides is 1. The second-order valence-electron chi connectivity index (χ2n) is 5.53. The van der Waals surface area contributed by atoms with Crippen molar-refractivity contribution >= 4 is 27.5 Å². The molecule has 0 bridgehead atoms. The molecule has 1 unspecified atom stereocenters. The van der Waals surface area contributed by atoms with Crippen molar-refractivity contribution in [1.82, 2.24) is 4.90 Å². The third-order valence-electron chi connectivity index (χ3n) is 4.31. The maximum atomic E-state index is 12.5. The maximum absolute atomic E-state index is 12.5. The predicted octanol–water partition coefficient (Wildman–Crippen LogP) is 2.93. The van der Waals surface area contributed by atoms with E-state index in [9.17, 15) is 4.79 Å². The minimum Gasteiger partial charge on any atom is -0.444 e. The molecule has 1 atom stereocenters. The highest BCUT2D eigenvalue weighted by Crippen LogP contribution is 2.34. The van der Waals surface area contributed by atoms with Crippen LogP contribution in [0.1, 0.15) is 16.1 Å². The molecule has 0 aliphatic carbocycles. The molecule has 1 aromatic carbocycles. The number of rotatable bonds is 1. The van der Waals surface area contributed by atoms with E-state index < -0.39 is 0 Å². The molecule has 2 aliphatic rings. The average Bonchev–Trinajstić information content (AvgIpc) is 3.09. The molecule has 1 saturated heterocycles. The third kappa shape index (κ3) is 2.16. The topological polar surface area (TPSA) is 36.7 Å². The van der Waals surface area contributed by atoms with Gasteiger partial charge in [-0.3, -0.25) is 4.79 Å². The van der Waals surface area contributed by atoms with Crippen LogP contribution in [0.25, 0.3) is 0 Å². The summed E-state index contributed by atoms with van der Waals surface area (Å²) in [5, 5.41) is 0. The van der Waals surface area contributed by atoms with E-state index in [4.69, 9.17) is 4.42 Å². The van der Waals surface area contributed by atoms with Gasteiger partial charge < -0.3 is 14.2 Å². The fraction of sp³-hybridized carbons (Fsp3) is 0.312. The summed E-state index contributed by atoms with van der Waals surface area (Å²) in [6.07, 6.45) is 1.02. The van der Waals surface area contributed by atoms with Crippen molar-refractivity contribution < 1.29 is 9.21 Å². The molecule has 108 valence electrons. The summed E-state index contributed by atoms with van der Waals surface area (Å²) in [6.45, 7) is 2.38. The molecule has 1 fully saturated rings. The van der Waals surface area contributed by atoms with E-state index in [1.54, 1.807) is 12.1 Å². The molecule has 0 radical (unpaired) electrons. The van der Waals surface area contributed by atoms with Crippen LogP contribution in [-0.2, 0) is 6.42 Å². The van der Waals surface area contributed by atoms with Gasteiger partial charge in [0.25, 0.3) is 5.91 Å². The van der Waals surface area contributed by atoms with Gasteiger partial charge in [0.1, 0.15) is 0 Å². The summed E-state index contributed by atoms with van der Waals surface area (Å²) in [5.41, 5.74) is 2.72. The number of benzene rings is 1. The molecule has 4 nitrogen and oxygen atoms in total. The SMILES string of the molecule is O=C(c1ccc(Br)o1)N1CCN2c3ccccc3CC2C1. The summed E-state index contributed by atoms with van der Waals surface area (Å²) < 4.78 is 5.98. The monoisotopic (exact) mass is 346 g/mol. The van der Waals surface area contributed by atoms with Crippen LogP contribution in [0.15, 0.2) is 45.5 Å². The quantitative estimate of drug-likeness (QED) is 0.796. The number of hydrogen-bond donors (Lipinski definition) is 0. The molecule has 3 heterocycles. The van der Waals surface area contributed by atoms with Crippen molar-refractivity contribution in [3.63, 3.8) is 0 Å². The zero-order valence-electron chi connectivity index (χ0n) is 11.5. The number of carbonyl (C=O) groups is 1. The van der Waals surface area contributed by atoms with Gasteiger partial charge in [-0.05, 0) is 46.1 Å². The second-order valence-corrected chi connectivity index (χ2v) is 6.32. The van der Waals surface area contributed by atoms with E-state index in [-0.39, 0.29) is 5.91 Å². The Labute approximate surface area is 131 Å². The molecule has 0 spiro atoms. The first-order valence-corrected chi connectivity index (χ1v) is 7.91. The Hall–Kier alpha value is -1.75. The van der Waals surface area contributed by atoms with Gasteiger partial charge in [0.05, 0.1) is 6.04 Å². The number of para-hydroxylation sites is 1. The second kappa shape index (κ2) is 4.91. The lowest BCUT2D eigenvalue weighted by atomic mass is 10.1. The zero-order chi connectivity index (χ0) is 14.4. The van der Waals surface area contributed by atoms with Crippen molar-refractivity contribution in [3.05, 3.63) is 52.4 Å². The number of nitrogens with zero attached hydrogens (tertiary/aromatic N) is 2. The van der Waals surface area contributed by atoms with Crippen LogP contribution >= 0.6 is 15.9 Å². The summed E-state index contributed by atoms with van der Waals surface area (Å²) >= 11 is 3.24. The first kappa shape index (κ1) is 13.0. The van der Waals surface area contributed by atoms with Crippen molar-refractivity contribution in [3.8, 4) is 0 Å². The van der Waals surface area contributed by atoms with Gasteiger partial charge >= 0.3 is 0 Å². The number of hydrogen-bond acceptors (Lipinski definition) is 3. The Morgan fingerprint density at radius 2 is 2.05 bits per heavy atom. The molecule has 5 heteroatoms. The fourth-order valence-corrected chi connectivity index (χ4v) is 3.64. The summed E-state index contributed by atoms with van der Waals surface area (Å²) in [5.74, 6) is 0.391. The minimum absolute atomic E-state index is 0.0173. The molecule has 0 N–H and O–H groups in total. The third-order valence-corrected chi connectivity index (χ3v) is 4.74. The largest absolute Gasteiger partial charge is 0.444 e. The lowest BCUT2D eigenvalue weighted by Crippen LogP contribution is -2.53. The lowest BCUT2D eigenvalue weighted by molar-refractivity contribution is 0.0691. The molecule has 4 rings (SSSR count). The summed E-state index contributed by atoms with van der Waals surface area (Å²) in [4.78, 5) is 16.8. The number of carbonyl (C=O) groups excluding carboxylic acids is 1. The Kier molecular flexibility index (Phi) is 3.03. The number of anilines is 1. The van der Waals surface area contributed by atoms with Gasteiger partial charge in [-0.2, -0.15) is 0 Å². The van der Waals surface area contributed by atoms with Crippen LogP contribution in [-0.4, -0.2) is 36.5 Å². The number of fused-ring (bicyclic) bond motifs is 3. The predicted molar refractivity (Wildman–Crippen MR) is 83.6 cm³/mol. The van der Waals surface area contributed by atoms with Gasteiger partial charge in [-0.25, -0.2) is 0 Å². The van der Waals surface area contributed by atoms with Crippen LogP contribution in [0.4, 0.5) is 5.69 Å². The van der Waals surface area contributed by atoms with Crippen molar-refractivity contribution in [2.75, 3.05) is 24.5 Å². The van der Waals surface area contributed by atoms with Gasteiger partial charge in [0.2, 0.25) is 0 Å². The van der Waals surface area contributed by atoms with Gasteiger partial charge in [-0.15, -0.1) is 0 Å². The van der Waals surface area contributed by atoms with Crippen LogP contribution in [0.2, 0.25) is 0 Å². The van der Waals surface area contributed by atoms with Crippen LogP contribution < -0.4 is 4.90 Å². The number of furan rings is 1. The zero-order valence-corrected chi connectivity index (χ0v) is 13.0. The van der Waals surface area contributed by atoms with E-state index in [1.165, 1.54) is 11.3 Å². The standard InChI is InChI=1S/C16H15BrN2O2/c17-15-6-5-14(21-15)16(20)18-7-8-19-12(10-18)9-11-3-1-2-4-13(11)19/h1-6,12H,7-10H2. The van der Waals surface area contributed by atoms with Gasteiger partial charge in [-0.1, -0.05) is 18.2 Å². The van der Waals surface area contributed by atoms with Crippen LogP contribution in [0.3, 0.4) is 0 Å². The summed E-state index contributed by atoms with van der Waals surface area (Å²) in [6, 6.07) is 12.4. The van der Waals surface area contributed by atoms with Gasteiger partial charge in [0.15, 0.2) is 10.4 Å². The first-order chi connectivity index (χ1) is 10.2. The van der Waals surface area contributed by atoms with E-state index >= 15 is 0 Å². The molecular formula is C16H15BrN2O2. The van der Waals surface area contributed by atoms with E-state index in [0.717, 1.165) is 26.1 Å². The van der Waals surface area contributed by atoms with Crippen molar-refractivity contribution in [1.29, 1.82) is 0 Å². The van der Waals surface area contributed by atoms with Crippen molar-refractivity contribution in [2.45, 2.75) is 12.5 Å². The number of halogens is 1. The average molecular weight is 347 g/mol. The number of piperazine rings is 1. The fourth-order valence-electron chi connectivity index (χ4n) is 3.33. The van der Waals surface area contributed by atoms with E-state index in [1.807, 2.05) is 4.90 Å². The Morgan fingerprint density at radius 3 is 2.86 bits per heavy atom. The van der Waals surface area contributed by atoms with E-state index in [0.29, 0.717) is 16.5 Å². The minimum atomic E-state index is -0.0173. The molecule has 2 aromatic rings. The molecular weight excluding hydrogens is 332 g/mol. The van der Waals surface area contributed by atoms with Gasteiger partial charge in [0, 0.05) is 25.3 Å². The Morgan fingerprint density at radius 1 is 1.19 bits per heavy atom. The Balaban J connectivity index is 1.53. The highest BCUT2D eigenvalue weighted by atomic mass is 79.9. The molecule has 1 aromatic heterocycles.